The van der Waals surface area contributed by atoms with Crippen molar-refractivity contribution in [2.45, 2.75) is 46.6 Å². The molecule has 0 aromatic rings. The second-order valence-corrected chi connectivity index (χ2v) is 7.45. The molecule has 0 saturated carbocycles. The van der Waals surface area contributed by atoms with Crippen LogP contribution < -0.4 is 0 Å². The van der Waals surface area contributed by atoms with Gasteiger partial charge in [0.15, 0.2) is 0 Å². The third-order valence-electron chi connectivity index (χ3n) is 4.32. The van der Waals surface area contributed by atoms with Crippen molar-refractivity contribution in [1.29, 1.82) is 0 Å². The van der Waals surface area contributed by atoms with Crippen molar-refractivity contribution in [1.82, 2.24) is 14.7 Å². The monoisotopic (exact) mass is 297 g/mol. The molecule has 1 aliphatic heterocycles. The molecule has 1 atom stereocenters. The van der Waals surface area contributed by atoms with Crippen LogP contribution in [0.3, 0.4) is 0 Å². The maximum absolute atomic E-state index is 12.5. The Morgan fingerprint density at radius 1 is 1.05 bits per heavy atom. The molecule has 1 heterocycles. The Labute approximate surface area is 131 Å². The number of likely N-dealkylation sites (N-methyl/N-ethyl adjacent to an activating group) is 1. The van der Waals surface area contributed by atoms with E-state index >= 15 is 0 Å². The van der Waals surface area contributed by atoms with Gasteiger partial charge in [0.25, 0.3) is 0 Å². The van der Waals surface area contributed by atoms with Crippen LogP contribution in [0, 0.1) is 11.8 Å². The van der Waals surface area contributed by atoms with Crippen molar-refractivity contribution < 1.29 is 4.79 Å². The molecular weight excluding hydrogens is 262 g/mol. The molecule has 0 aromatic carbocycles. The Morgan fingerprint density at radius 3 is 2.14 bits per heavy atom. The molecular formula is C17H35N3O. The molecule has 0 spiro atoms. The van der Waals surface area contributed by atoms with Gasteiger partial charge in [-0.3, -0.25) is 14.6 Å². The van der Waals surface area contributed by atoms with Gasteiger partial charge in [0.2, 0.25) is 5.91 Å². The van der Waals surface area contributed by atoms with Crippen LogP contribution >= 0.6 is 0 Å². The lowest BCUT2D eigenvalue weighted by atomic mass is 10.1. The number of nitrogens with zero attached hydrogens (tertiary/aromatic N) is 3. The summed E-state index contributed by atoms with van der Waals surface area (Å²) in [7, 11) is 3.74. The normalized spacial score (nSPS) is 21.2. The summed E-state index contributed by atoms with van der Waals surface area (Å²) in [5, 5.41) is 0. The Kier molecular flexibility index (Phi) is 7.67. The number of carbonyl (C=O) groups is 1. The number of hydrogen-bond donors (Lipinski definition) is 0. The first-order chi connectivity index (χ1) is 9.81. The first-order valence-corrected chi connectivity index (χ1v) is 8.48. The molecule has 0 aromatic heterocycles. The molecule has 1 fully saturated rings. The summed E-state index contributed by atoms with van der Waals surface area (Å²) in [6.45, 7) is 14.2. The molecule has 0 N–H and O–H groups in total. The van der Waals surface area contributed by atoms with Crippen molar-refractivity contribution in [2.24, 2.45) is 11.8 Å². The van der Waals surface area contributed by atoms with Crippen LogP contribution in [-0.4, -0.2) is 73.5 Å². The van der Waals surface area contributed by atoms with E-state index in [-0.39, 0.29) is 11.9 Å². The van der Waals surface area contributed by atoms with Crippen LogP contribution in [0.2, 0.25) is 0 Å². The summed E-state index contributed by atoms with van der Waals surface area (Å²) in [5.74, 6) is 1.68. The second kappa shape index (κ2) is 8.74. The van der Waals surface area contributed by atoms with Crippen LogP contribution in [-0.2, 0) is 4.79 Å². The lowest BCUT2D eigenvalue weighted by molar-refractivity contribution is -0.137. The SMILES string of the molecule is CC(C)CCN1CCN(CCC(C)C)[C@H](C(=O)N(C)C)C1. The number of carbonyl (C=O) groups excluding carboxylic acids is 1. The van der Waals surface area contributed by atoms with Gasteiger partial charge in [-0.15, -0.1) is 0 Å². The number of piperazine rings is 1. The summed E-state index contributed by atoms with van der Waals surface area (Å²) in [6, 6.07) is 0.0414. The van der Waals surface area contributed by atoms with E-state index in [1.54, 1.807) is 4.90 Å². The maximum atomic E-state index is 12.5. The summed E-state index contributed by atoms with van der Waals surface area (Å²) in [5.41, 5.74) is 0. The van der Waals surface area contributed by atoms with E-state index in [0.29, 0.717) is 5.92 Å². The first kappa shape index (κ1) is 18.4. The topological polar surface area (TPSA) is 26.8 Å². The molecule has 0 bridgehead atoms. The van der Waals surface area contributed by atoms with Crippen molar-refractivity contribution in [3.05, 3.63) is 0 Å². The predicted molar refractivity (Wildman–Crippen MR) is 89.4 cm³/mol. The Bertz CT molecular complexity index is 315. The van der Waals surface area contributed by atoms with Gasteiger partial charge < -0.3 is 4.90 Å². The molecule has 4 heteroatoms. The zero-order chi connectivity index (χ0) is 16.0. The fourth-order valence-corrected chi connectivity index (χ4v) is 2.74. The van der Waals surface area contributed by atoms with E-state index in [4.69, 9.17) is 0 Å². The average Bonchev–Trinajstić information content (AvgIpc) is 2.42. The zero-order valence-electron chi connectivity index (χ0n) is 14.9. The third-order valence-corrected chi connectivity index (χ3v) is 4.32. The minimum Gasteiger partial charge on any atom is -0.347 e. The van der Waals surface area contributed by atoms with Gasteiger partial charge in [0.1, 0.15) is 6.04 Å². The highest BCUT2D eigenvalue weighted by molar-refractivity contribution is 5.81. The first-order valence-electron chi connectivity index (χ1n) is 8.48. The lowest BCUT2D eigenvalue weighted by Crippen LogP contribution is -2.59. The van der Waals surface area contributed by atoms with E-state index in [0.717, 1.165) is 38.6 Å². The summed E-state index contributed by atoms with van der Waals surface area (Å²) in [6.07, 6.45) is 2.39. The van der Waals surface area contributed by atoms with E-state index in [9.17, 15) is 4.79 Å². The van der Waals surface area contributed by atoms with Crippen LogP contribution in [0.5, 0.6) is 0 Å². The molecule has 124 valence electrons. The van der Waals surface area contributed by atoms with Crippen molar-refractivity contribution >= 4 is 5.91 Å². The zero-order valence-corrected chi connectivity index (χ0v) is 14.9. The Hall–Kier alpha value is -0.610. The van der Waals surface area contributed by atoms with Crippen molar-refractivity contribution in [3.8, 4) is 0 Å². The number of amides is 1. The number of rotatable bonds is 7. The van der Waals surface area contributed by atoms with Crippen molar-refractivity contribution in [3.63, 3.8) is 0 Å². The Balaban J connectivity index is 2.62. The van der Waals surface area contributed by atoms with Crippen molar-refractivity contribution in [2.75, 3.05) is 46.8 Å². The average molecular weight is 297 g/mol. The fourth-order valence-electron chi connectivity index (χ4n) is 2.74. The second-order valence-electron chi connectivity index (χ2n) is 7.45. The summed E-state index contributed by atoms with van der Waals surface area (Å²) < 4.78 is 0. The molecule has 0 aliphatic carbocycles. The number of hydrogen-bond acceptors (Lipinski definition) is 3. The molecule has 1 amide bonds. The summed E-state index contributed by atoms with van der Waals surface area (Å²) >= 11 is 0. The highest BCUT2D eigenvalue weighted by atomic mass is 16.2. The molecule has 21 heavy (non-hydrogen) atoms. The lowest BCUT2D eigenvalue weighted by Gasteiger charge is -2.42. The minimum atomic E-state index is 0.0414. The van der Waals surface area contributed by atoms with Crippen LogP contribution in [0.4, 0.5) is 0 Å². The molecule has 0 radical (unpaired) electrons. The maximum Gasteiger partial charge on any atom is 0.240 e. The van der Waals surface area contributed by atoms with Crippen LogP contribution in [0.1, 0.15) is 40.5 Å². The molecule has 1 saturated heterocycles. The molecule has 4 nitrogen and oxygen atoms in total. The van der Waals surface area contributed by atoms with Gasteiger partial charge in [0.05, 0.1) is 0 Å². The van der Waals surface area contributed by atoms with E-state index in [2.05, 4.69) is 37.5 Å². The molecule has 0 unspecified atom stereocenters. The molecule has 1 rings (SSSR count). The van der Waals surface area contributed by atoms with Crippen LogP contribution in [0.15, 0.2) is 0 Å². The minimum absolute atomic E-state index is 0.0414. The highest BCUT2D eigenvalue weighted by Crippen LogP contribution is 2.15. The van der Waals surface area contributed by atoms with Gasteiger partial charge in [-0.1, -0.05) is 27.7 Å². The summed E-state index contributed by atoms with van der Waals surface area (Å²) in [4.78, 5) is 19.1. The standard InChI is InChI=1S/C17H35N3O/c1-14(2)7-9-19-11-12-20(10-8-15(3)4)16(13-19)17(21)18(5)6/h14-16H,7-13H2,1-6H3/t16-/m0/s1. The smallest absolute Gasteiger partial charge is 0.240 e. The predicted octanol–water partition coefficient (Wildman–Crippen LogP) is 2.15. The largest absolute Gasteiger partial charge is 0.347 e. The van der Waals surface area contributed by atoms with E-state index in [1.807, 2.05) is 14.1 Å². The van der Waals surface area contributed by atoms with Gasteiger partial charge in [-0.25, -0.2) is 0 Å². The van der Waals surface area contributed by atoms with Gasteiger partial charge >= 0.3 is 0 Å². The van der Waals surface area contributed by atoms with E-state index < -0.39 is 0 Å². The molecule has 1 aliphatic rings. The van der Waals surface area contributed by atoms with Gasteiger partial charge in [0, 0.05) is 33.7 Å². The third kappa shape index (κ3) is 6.35. The fraction of sp³-hybridized carbons (Fsp3) is 0.941. The van der Waals surface area contributed by atoms with Crippen LogP contribution in [0.25, 0.3) is 0 Å². The van der Waals surface area contributed by atoms with Gasteiger partial charge in [-0.05, 0) is 37.8 Å². The van der Waals surface area contributed by atoms with E-state index in [1.165, 1.54) is 12.8 Å². The highest BCUT2D eigenvalue weighted by Gasteiger charge is 2.32. The Morgan fingerprint density at radius 2 is 1.62 bits per heavy atom. The van der Waals surface area contributed by atoms with Gasteiger partial charge in [-0.2, -0.15) is 0 Å². The quantitative estimate of drug-likeness (QED) is 0.720.